The maximum absolute atomic E-state index is 6.53. The molecule has 0 aliphatic rings. The van der Waals surface area contributed by atoms with E-state index >= 15 is 0 Å². The predicted molar refractivity (Wildman–Crippen MR) is 94.9 cm³/mol. The van der Waals surface area contributed by atoms with Gasteiger partial charge in [-0.3, -0.25) is 0 Å². The monoisotopic (exact) mass is 330 g/mol. The molecule has 0 saturated carbocycles. The third-order valence-electron chi connectivity index (χ3n) is 3.32. The van der Waals surface area contributed by atoms with Crippen LogP contribution in [0.25, 0.3) is 21.5 Å². The summed E-state index contributed by atoms with van der Waals surface area (Å²) < 4.78 is 0. The molecule has 0 bridgehead atoms. The number of halogens is 2. The van der Waals surface area contributed by atoms with Gasteiger partial charge in [0.05, 0.1) is 11.2 Å². The van der Waals surface area contributed by atoms with Crippen LogP contribution in [0.4, 0.5) is 0 Å². The van der Waals surface area contributed by atoms with E-state index in [2.05, 4.69) is 10.2 Å². The highest BCUT2D eigenvalue weighted by molar-refractivity contribution is 6.42. The summed E-state index contributed by atoms with van der Waals surface area (Å²) in [5.74, 6) is -0.100. The van der Waals surface area contributed by atoms with E-state index in [0.29, 0.717) is 10.0 Å². The lowest BCUT2D eigenvalue weighted by molar-refractivity contribution is 1.22. The zero-order valence-corrected chi connectivity index (χ0v) is 12.9. The quantitative estimate of drug-likeness (QED) is 0.323. The van der Waals surface area contributed by atoms with E-state index < -0.39 is 0 Å². The Labute approximate surface area is 137 Å². The van der Waals surface area contributed by atoms with E-state index in [9.17, 15) is 0 Å². The fourth-order valence-electron chi connectivity index (χ4n) is 2.42. The number of rotatable bonds is 2. The Morgan fingerprint density at radius 2 is 1.59 bits per heavy atom. The normalized spacial score (nSPS) is 11.4. The molecule has 4 nitrogen and oxygen atoms in total. The molecule has 0 aliphatic carbocycles. The molecule has 0 amide bonds. The van der Waals surface area contributed by atoms with Crippen LogP contribution in [0.15, 0.2) is 52.7 Å². The van der Waals surface area contributed by atoms with Crippen molar-refractivity contribution in [2.45, 2.75) is 0 Å². The van der Waals surface area contributed by atoms with Crippen LogP contribution in [0.1, 0.15) is 5.56 Å². The van der Waals surface area contributed by atoms with Gasteiger partial charge in [-0.25, -0.2) is 0 Å². The first kappa shape index (κ1) is 14.6. The Bertz CT molecular complexity index is 928. The zero-order chi connectivity index (χ0) is 15.7. The van der Waals surface area contributed by atoms with Crippen molar-refractivity contribution < 1.29 is 0 Å². The molecule has 0 radical (unpaired) electrons. The first-order valence-corrected chi connectivity index (χ1v) is 7.25. The van der Waals surface area contributed by atoms with Crippen molar-refractivity contribution in [1.29, 1.82) is 0 Å². The minimum absolute atomic E-state index is 0.100. The second-order valence-electron chi connectivity index (χ2n) is 4.73. The number of hydrogen-bond donors (Lipinski definition) is 2. The second kappa shape index (κ2) is 5.83. The van der Waals surface area contributed by atoms with Gasteiger partial charge in [0.1, 0.15) is 0 Å². The van der Waals surface area contributed by atoms with E-state index in [1.165, 1.54) is 0 Å². The summed E-state index contributed by atoms with van der Waals surface area (Å²) in [6.07, 6.45) is 1.61. The molecule has 0 atom stereocenters. The lowest BCUT2D eigenvalue weighted by atomic mass is 9.97. The van der Waals surface area contributed by atoms with Gasteiger partial charge < -0.3 is 11.5 Å². The lowest BCUT2D eigenvalue weighted by Gasteiger charge is -2.10. The SMILES string of the molecule is NC(N)=N/N=C/c1c2ccccc2c(Cl)c2ccc(Cl)cc12. The molecule has 0 heterocycles. The molecule has 0 fully saturated rings. The van der Waals surface area contributed by atoms with Crippen molar-refractivity contribution >= 4 is 56.9 Å². The number of guanidine groups is 1. The van der Waals surface area contributed by atoms with Crippen LogP contribution in [-0.4, -0.2) is 12.2 Å². The van der Waals surface area contributed by atoms with Crippen LogP contribution in [0, 0.1) is 0 Å². The van der Waals surface area contributed by atoms with Crippen molar-refractivity contribution in [3.63, 3.8) is 0 Å². The van der Waals surface area contributed by atoms with Gasteiger partial charge in [0.15, 0.2) is 0 Å². The standard InChI is InChI=1S/C16H12Cl2N4/c17-9-5-6-12-13(7-9)14(8-21-22-16(19)20)10-3-1-2-4-11(10)15(12)18/h1-8H,(H4,19,20,22)/b21-8+. The number of nitrogens with zero attached hydrogens (tertiary/aromatic N) is 2. The summed E-state index contributed by atoms with van der Waals surface area (Å²) in [4.78, 5) is 0. The van der Waals surface area contributed by atoms with E-state index in [1.807, 2.05) is 42.5 Å². The van der Waals surface area contributed by atoms with Crippen molar-refractivity contribution in [3.8, 4) is 0 Å². The number of nitrogens with two attached hydrogens (primary N) is 2. The van der Waals surface area contributed by atoms with Gasteiger partial charge in [-0.2, -0.15) is 5.10 Å². The molecular formula is C16H12Cl2N4. The van der Waals surface area contributed by atoms with E-state index in [0.717, 1.165) is 27.1 Å². The van der Waals surface area contributed by atoms with Gasteiger partial charge in [0.25, 0.3) is 0 Å². The fraction of sp³-hybridized carbons (Fsp3) is 0. The minimum Gasteiger partial charge on any atom is -0.369 e. The molecular weight excluding hydrogens is 319 g/mol. The molecule has 3 aromatic carbocycles. The number of benzene rings is 3. The van der Waals surface area contributed by atoms with Crippen LogP contribution >= 0.6 is 23.2 Å². The Hall–Kier alpha value is -2.30. The number of hydrogen-bond acceptors (Lipinski definition) is 2. The fourth-order valence-corrected chi connectivity index (χ4v) is 2.92. The van der Waals surface area contributed by atoms with Crippen molar-refractivity contribution in [1.82, 2.24) is 0 Å². The van der Waals surface area contributed by atoms with E-state index in [4.69, 9.17) is 34.7 Å². The Morgan fingerprint density at radius 3 is 2.32 bits per heavy atom. The Kier molecular flexibility index (Phi) is 3.88. The van der Waals surface area contributed by atoms with Gasteiger partial charge in [0.2, 0.25) is 5.96 Å². The van der Waals surface area contributed by atoms with Gasteiger partial charge >= 0.3 is 0 Å². The molecule has 0 aromatic heterocycles. The molecule has 4 N–H and O–H groups in total. The average Bonchev–Trinajstić information content (AvgIpc) is 2.50. The summed E-state index contributed by atoms with van der Waals surface area (Å²) in [6, 6.07) is 13.4. The predicted octanol–water partition coefficient (Wildman–Crippen LogP) is 3.91. The van der Waals surface area contributed by atoms with Crippen LogP contribution in [0.5, 0.6) is 0 Å². The summed E-state index contributed by atoms with van der Waals surface area (Å²) in [5, 5.41) is 12.6. The largest absolute Gasteiger partial charge is 0.369 e. The van der Waals surface area contributed by atoms with Crippen LogP contribution in [0.2, 0.25) is 10.0 Å². The van der Waals surface area contributed by atoms with Crippen LogP contribution in [0.3, 0.4) is 0 Å². The van der Waals surface area contributed by atoms with Gasteiger partial charge in [-0.1, -0.05) is 53.5 Å². The molecule has 6 heteroatoms. The minimum atomic E-state index is -0.100. The topological polar surface area (TPSA) is 76.8 Å². The van der Waals surface area contributed by atoms with Crippen molar-refractivity contribution in [3.05, 3.63) is 58.1 Å². The first-order valence-electron chi connectivity index (χ1n) is 6.49. The highest BCUT2D eigenvalue weighted by Gasteiger charge is 2.11. The molecule has 3 aromatic rings. The summed E-state index contributed by atoms with van der Waals surface area (Å²) in [6.45, 7) is 0. The maximum Gasteiger partial charge on any atom is 0.211 e. The van der Waals surface area contributed by atoms with Crippen molar-refractivity contribution in [2.24, 2.45) is 21.7 Å². The van der Waals surface area contributed by atoms with E-state index in [1.54, 1.807) is 6.21 Å². The third kappa shape index (κ3) is 2.58. The van der Waals surface area contributed by atoms with Crippen LogP contribution in [-0.2, 0) is 0 Å². The van der Waals surface area contributed by atoms with Gasteiger partial charge in [-0.15, -0.1) is 5.10 Å². The molecule has 0 saturated heterocycles. The summed E-state index contributed by atoms with van der Waals surface area (Å²) in [7, 11) is 0. The molecule has 0 spiro atoms. The summed E-state index contributed by atoms with van der Waals surface area (Å²) >= 11 is 12.7. The highest BCUT2D eigenvalue weighted by atomic mass is 35.5. The van der Waals surface area contributed by atoms with Gasteiger partial charge in [0, 0.05) is 21.4 Å². The zero-order valence-electron chi connectivity index (χ0n) is 11.4. The van der Waals surface area contributed by atoms with Crippen molar-refractivity contribution in [2.75, 3.05) is 0 Å². The molecule has 22 heavy (non-hydrogen) atoms. The molecule has 0 unspecified atom stereocenters. The third-order valence-corrected chi connectivity index (χ3v) is 3.96. The first-order chi connectivity index (χ1) is 10.6. The van der Waals surface area contributed by atoms with Gasteiger partial charge in [-0.05, 0) is 22.9 Å². The van der Waals surface area contributed by atoms with Crippen LogP contribution < -0.4 is 11.5 Å². The number of fused-ring (bicyclic) bond motifs is 2. The Balaban J connectivity index is 2.43. The lowest BCUT2D eigenvalue weighted by Crippen LogP contribution is -2.21. The second-order valence-corrected chi connectivity index (χ2v) is 5.55. The highest BCUT2D eigenvalue weighted by Crippen LogP contribution is 2.36. The molecule has 110 valence electrons. The smallest absolute Gasteiger partial charge is 0.211 e. The molecule has 3 rings (SSSR count). The maximum atomic E-state index is 6.53. The molecule has 0 aliphatic heterocycles. The Morgan fingerprint density at radius 1 is 0.909 bits per heavy atom. The average molecular weight is 331 g/mol. The summed E-state index contributed by atoms with van der Waals surface area (Å²) in [5.41, 5.74) is 11.5. The van der Waals surface area contributed by atoms with E-state index in [-0.39, 0.29) is 5.96 Å².